The van der Waals surface area contributed by atoms with Gasteiger partial charge in [-0.15, -0.1) is 0 Å². The maximum Gasteiger partial charge on any atom is 0.235 e. The van der Waals surface area contributed by atoms with Gasteiger partial charge in [0.05, 0.1) is 5.41 Å². The molecule has 1 aromatic heterocycles. The quantitative estimate of drug-likeness (QED) is 0.377. The molecule has 1 fully saturated rings. The van der Waals surface area contributed by atoms with Crippen molar-refractivity contribution in [1.82, 2.24) is 4.98 Å². The van der Waals surface area contributed by atoms with Gasteiger partial charge in [-0.3, -0.25) is 4.79 Å². The summed E-state index contributed by atoms with van der Waals surface area (Å²) in [7, 11) is 0. The summed E-state index contributed by atoms with van der Waals surface area (Å²) in [4.78, 5) is 16.3. The molecule has 1 heterocycles. The molecule has 0 radical (unpaired) electrons. The zero-order valence-electron chi connectivity index (χ0n) is 15.6. The number of benzene rings is 3. The molecule has 0 aliphatic heterocycles. The van der Waals surface area contributed by atoms with Gasteiger partial charge in [-0.1, -0.05) is 36.4 Å². The third-order valence-electron chi connectivity index (χ3n) is 5.74. The Labute approximate surface area is 167 Å². The van der Waals surface area contributed by atoms with Crippen molar-refractivity contribution in [2.75, 3.05) is 5.32 Å². The number of anilines is 1. The third-order valence-corrected chi connectivity index (χ3v) is 5.74. The van der Waals surface area contributed by atoms with E-state index < -0.39 is 5.41 Å². The van der Waals surface area contributed by atoms with Gasteiger partial charge in [-0.05, 0) is 54.3 Å². The Bertz CT molecular complexity index is 1220. The predicted molar refractivity (Wildman–Crippen MR) is 113 cm³/mol. The van der Waals surface area contributed by atoms with Crippen LogP contribution >= 0.6 is 0 Å². The van der Waals surface area contributed by atoms with Crippen LogP contribution in [0, 0.1) is 0 Å². The molecule has 5 rings (SSSR count). The molecule has 4 N–H and O–H groups in total. The van der Waals surface area contributed by atoms with Gasteiger partial charge in [0, 0.05) is 28.4 Å². The van der Waals surface area contributed by atoms with E-state index in [1.54, 1.807) is 6.07 Å². The second-order valence-electron chi connectivity index (χ2n) is 7.57. The first-order chi connectivity index (χ1) is 14.1. The minimum Gasteiger partial charge on any atom is -0.504 e. The van der Waals surface area contributed by atoms with Crippen LogP contribution in [0.3, 0.4) is 0 Å². The second kappa shape index (κ2) is 6.41. The number of amides is 1. The average Bonchev–Trinajstić information content (AvgIpc) is 3.45. The zero-order chi connectivity index (χ0) is 20.0. The van der Waals surface area contributed by atoms with Gasteiger partial charge in [-0.2, -0.15) is 0 Å². The summed E-state index contributed by atoms with van der Waals surface area (Å²) >= 11 is 0. The fourth-order valence-electron chi connectivity index (χ4n) is 3.90. The number of hydrogen-bond donors (Lipinski definition) is 4. The van der Waals surface area contributed by atoms with E-state index >= 15 is 0 Å². The van der Waals surface area contributed by atoms with Crippen molar-refractivity contribution in [3.63, 3.8) is 0 Å². The summed E-state index contributed by atoms with van der Waals surface area (Å²) in [6, 6.07) is 20.5. The van der Waals surface area contributed by atoms with E-state index in [1.165, 1.54) is 12.1 Å². The molecule has 0 unspecified atom stereocenters. The third kappa shape index (κ3) is 2.91. The number of carbonyl (C=O) groups is 1. The van der Waals surface area contributed by atoms with Gasteiger partial charge in [0.1, 0.15) is 0 Å². The van der Waals surface area contributed by atoms with Crippen molar-refractivity contribution in [2.45, 2.75) is 18.3 Å². The van der Waals surface area contributed by atoms with Crippen LogP contribution in [0.1, 0.15) is 18.4 Å². The van der Waals surface area contributed by atoms with Crippen LogP contribution < -0.4 is 5.32 Å². The molecule has 0 saturated heterocycles. The van der Waals surface area contributed by atoms with Crippen LogP contribution in [0.25, 0.3) is 22.0 Å². The summed E-state index contributed by atoms with van der Waals surface area (Å²) in [5.74, 6) is -0.488. The first kappa shape index (κ1) is 17.4. The van der Waals surface area contributed by atoms with Gasteiger partial charge in [0.15, 0.2) is 11.5 Å². The zero-order valence-corrected chi connectivity index (χ0v) is 15.6. The minimum absolute atomic E-state index is 0.0984. The highest BCUT2D eigenvalue weighted by Gasteiger charge is 2.51. The highest BCUT2D eigenvalue weighted by Crippen LogP contribution is 2.50. The lowest BCUT2D eigenvalue weighted by Gasteiger charge is -2.16. The van der Waals surface area contributed by atoms with Crippen molar-refractivity contribution in [1.29, 1.82) is 0 Å². The Morgan fingerprint density at radius 2 is 1.72 bits per heavy atom. The topological polar surface area (TPSA) is 85.4 Å². The Hall–Kier alpha value is -3.73. The van der Waals surface area contributed by atoms with Crippen molar-refractivity contribution in [3.05, 3.63) is 78.5 Å². The fraction of sp³-hybridized carbons (Fsp3) is 0.125. The summed E-state index contributed by atoms with van der Waals surface area (Å²) < 4.78 is 0. The maximum atomic E-state index is 13.1. The number of fused-ring (bicyclic) bond motifs is 1. The lowest BCUT2D eigenvalue weighted by atomic mass is 9.94. The van der Waals surface area contributed by atoms with Crippen molar-refractivity contribution < 1.29 is 15.0 Å². The van der Waals surface area contributed by atoms with Crippen molar-refractivity contribution >= 4 is 22.5 Å². The molecule has 1 aliphatic carbocycles. The average molecular weight is 384 g/mol. The Morgan fingerprint density at radius 3 is 2.45 bits per heavy atom. The van der Waals surface area contributed by atoms with Crippen LogP contribution in [-0.4, -0.2) is 21.1 Å². The van der Waals surface area contributed by atoms with E-state index in [1.807, 2.05) is 42.6 Å². The van der Waals surface area contributed by atoms with Gasteiger partial charge in [0.2, 0.25) is 5.91 Å². The highest BCUT2D eigenvalue weighted by atomic mass is 16.3. The number of aromatic hydroxyl groups is 2. The first-order valence-electron chi connectivity index (χ1n) is 9.57. The molecule has 0 spiro atoms. The smallest absolute Gasteiger partial charge is 0.235 e. The molecule has 0 bridgehead atoms. The molecule has 1 aliphatic rings. The highest BCUT2D eigenvalue weighted by molar-refractivity contribution is 6.04. The van der Waals surface area contributed by atoms with E-state index in [0.29, 0.717) is 12.8 Å². The second-order valence-corrected chi connectivity index (χ2v) is 7.57. The van der Waals surface area contributed by atoms with Crippen LogP contribution in [0.15, 0.2) is 72.9 Å². The molecule has 5 heteroatoms. The molecule has 1 saturated carbocycles. The largest absolute Gasteiger partial charge is 0.504 e. The number of aromatic amines is 1. The van der Waals surface area contributed by atoms with E-state index in [0.717, 1.165) is 33.3 Å². The number of carbonyl (C=O) groups excluding carboxylic acids is 1. The number of phenols is 2. The molecule has 5 nitrogen and oxygen atoms in total. The Balaban J connectivity index is 1.46. The van der Waals surface area contributed by atoms with Crippen molar-refractivity contribution in [2.24, 2.45) is 0 Å². The minimum atomic E-state index is -0.652. The van der Waals surface area contributed by atoms with Crippen LogP contribution in [0.2, 0.25) is 0 Å². The molecule has 4 aromatic rings. The van der Waals surface area contributed by atoms with Crippen LogP contribution in [0.4, 0.5) is 5.69 Å². The SMILES string of the molecule is O=C(Nc1ccc2[nH]cc(-c3ccccc3)c2c1)C1(c2ccc(O)c(O)c2)CC1. The molecule has 29 heavy (non-hydrogen) atoms. The summed E-state index contributed by atoms with van der Waals surface area (Å²) in [6.45, 7) is 0. The van der Waals surface area contributed by atoms with E-state index in [9.17, 15) is 15.0 Å². The number of nitrogens with one attached hydrogen (secondary N) is 2. The maximum absolute atomic E-state index is 13.1. The monoisotopic (exact) mass is 384 g/mol. The number of hydrogen-bond acceptors (Lipinski definition) is 3. The van der Waals surface area contributed by atoms with Gasteiger partial charge < -0.3 is 20.5 Å². The molecule has 0 atom stereocenters. The fourth-order valence-corrected chi connectivity index (χ4v) is 3.90. The number of H-pyrrole nitrogens is 1. The summed E-state index contributed by atoms with van der Waals surface area (Å²) in [6.07, 6.45) is 3.41. The Kier molecular flexibility index (Phi) is 3.84. The summed E-state index contributed by atoms with van der Waals surface area (Å²) in [5.41, 5.74) is 4.00. The van der Waals surface area contributed by atoms with E-state index in [4.69, 9.17) is 0 Å². The predicted octanol–water partition coefficient (Wildman–Crippen LogP) is 4.92. The van der Waals surface area contributed by atoms with Gasteiger partial charge in [-0.25, -0.2) is 0 Å². The lowest BCUT2D eigenvalue weighted by Crippen LogP contribution is -2.27. The van der Waals surface area contributed by atoms with E-state index in [2.05, 4.69) is 22.4 Å². The van der Waals surface area contributed by atoms with Gasteiger partial charge in [0.25, 0.3) is 0 Å². The first-order valence-corrected chi connectivity index (χ1v) is 9.57. The normalized spacial score (nSPS) is 14.6. The van der Waals surface area contributed by atoms with Crippen molar-refractivity contribution in [3.8, 4) is 22.6 Å². The standard InChI is InChI=1S/C24H20N2O3/c27-21-9-6-16(12-22(21)28)24(10-11-24)23(29)26-17-7-8-20-18(13-17)19(14-25-20)15-4-2-1-3-5-15/h1-9,12-14,25,27-28H,10-11H2,(H,26,29). The molecular weight excluding hydrogens is 364 g/mol. The lowest BCUT2D eigenvalue weighted by molar-refractivity contribution is -0.118. The summed E-state index contributed by atoms with van der Waals surface area (Å²) in [5, 5.41) is 23.4. The van der Waals surface area contributed by atoms with Crippen LogP contribution in [0.5, 0.6) is 11.5 Å². The molecule has 3 aromatic carbocycles. The molecule has 1 amide bonds. The number of rotatable bonds is 4. The molecule has 144 valence electrons. The number of phenolic OH excluding ortho intramolecular Hbond substituents is 2. The number of aromatic nitrogens is 1. The van der Waals surface area contributed by atoms with E-state index in [-0.39, 0.29) is 17.4 Å². The molecular formula is C24H20N2O3. The van der Waals surface area contributed by atoms with Crippen LogP contribution in [-0.2, 0) is 10.2 Å². The van der Waals surface area contributed by atoms with Gasteiger partial charge >= 0.3 is 0 Å². The Morgan fingerprint density at radius 1 is 0.931 bits per heavy atom.